The number of rotatable bonds is 12. The van der Waals surface area contributed by atoms with Gasteiger partial charge in [-0.2, -0.15) is 0 Å². The van der Waals surface area contributed by atoms with Crippen molar-refractivity contribution in [3.63, 3.8) is 0 Å². The fraction of sp³-hybridized carbons (Fsp3) is 0.526. The van der Waals surface area contributed by atoms with E-state index >= 15 is 0 Å². The topological polar surface area (TPSA) is 71.1 Å². The average Bonchev–Trinajstić information content (AvgIpc) is 2.92. The van der Waals surface area contributed by atoms with Crippen molar-refractivity contribution in [2.24, 2.45) is 11.8 Å². The second-order valence-electron chi connectivity index (χ2n) is 11.2. The van der Waals surface area contributed by atoms with Gasteiger partial charge in [0, 0.05) is 12.6 Å². The van der Waals surface area contributed by atoms with Crippen molar-refractivity contribution in [1.29, 1.82) is 0 Å². The third-order valence-corrected chi connectivity index (χ3v) is 8.19. The summed E-state index contributed by atoms with van der Waals surface area (Å²) >= 11 is 0. The number of hydrogen-bond donors (Lipinski definition) is 0. The Hall–Kier alpha value is -3.54. The molecule has 250 valence electrons. The normalized spacial score (nSPS) is 15.1. The molecule has 0 atom stereocenters. The molecule has 2 aromatic carbocycles. The molecule has 6 heteroatoms. The highest BCUT2D eigenvalue weighted by Crippen LogP contribution is 2.36. The zero-order valence-electron chi connectivity index (χ0n) is 25.0. The van der Waals surface area contributed by atoms with E-state index in [0.717, 1.165) is 35.5 Å². The molecule has 1 aliphatic carbocycles. The molecule has 0 saturated heterocycles. The van der Waals surface area contributed by atoms with Crippen LogP contribution in [0.5, 0.6) is 11.5 Å². The quantitative estimate of drug-likeness (QED) is 0.134. The first-order valence-electron chi connectivity index (χ1n) is 14.1. The SMILES string of the molecule is C.C.C.C.C=C(C)C(=O)OCOc1ccc(CC2CCC(Cc3ccc(OCOC(=O)C(=C)C)c(C)c3C)CC2)c(C)c1C.[3HH]. The summed E-state index contributed by atoms with van der Waals surface area (Å²) in [6.45, 7) is 18.6. The van der Waals surface area contributed by atoms with Crippen LogP contribution in [0.4, 0.5) is 0 Å². The van der Waals surface area contributed by atoms with E-state index in [2.05, 4.69) is 53.0 Å². The monoisotopic (exact) mass is 616 g/mol. The molecule has 2 aromatic rings. The minimum atomic E-state index is -0.447. The van der Waals surface area contributed by atoms with Gasteiger partial charge in [0.2, 0.25) is 13.6 Å². The lowest BCUT2D eigenvalue weighted by Crippen LogP contribution is -2.19. The highest BCUT2D eigenvalue weighted by Gasteiger charge is 2.23. The molecule has 3 rings (SSSR count). The second kappa shape index (κ2) is 19.7. The summed E-state index contributed by atoms with van der Waals surface area (Å²) in [5, 5.41) is 0. The van der Waals surface area contributed by atoms with Crippen LogP contribution in [0.2, 0.25) is 0 Å². The molecule has 0 bridgehead atoms. The van der Waals surface area contributed by atoms with E-state index in [1.54, 1.807) is 13.8 Å². The minimum Gasteiger partial charge on any atom is -0.457 e. The molecule has 1 fully saturated rings. The lowest BCUT2D eigenvalue weighted by Gasteiger charge is -2.30. The zero-order chi connectivity index (χ0) is 29.4. The fourth-order valence-corrected chi connectivity index (χ4v) is 5.26. The van der Waals surface area contributed by atoms with E-state index in [9.17, 15) is 9.59 Å². The Bertz CT molecular complexity index is 1160. The summed E-state index contributed by atoms with van der Waals surface area (Å²) in [6, 6.07) is 8.28. The standard InChI is InChI=1S/C34H44O6.4CH4.H2/c1-21(2)33(35)39-19-37-31-15-13-29(23(5)25(31)7)17-27-9-11-28(12-10-27)18-30-14-16-32(26(8)24(30)6)38-20-40-34(36)22(3)4;;;;;/h13-16,27-28H,1,3,9-12,17-20H2,2,4-8H3;4*1H4;1H/i;;;;;1+2. The molecule has 0 aliphatic heterocycles. The molecule has 0 unspecified atom stereocenters. The highest BCUT2D eigenvalue weighted by atomic mass is 16.7. The third-order valence-electron chi connectivity index (χ3n) is 8.19. The first-order valence-corrected chi connectivity index (χ1v) is 14.1. The van der Waals surface area contributed by atoms with Gasteiger partial charge in [-0.05, 0) is 137 Å². The predicted molar refractivity (Wildman–Crippen MR) is 187 cm³/mol. The highest BCUT2D eigenvalue weighted by molar-refractivity contribution is 5.87. The summed E-state index contributed by atoms with van der Waals surface area (Å²) in [6.07, 6.45) is 7.06. The van der Waals surface area contributed by atoms with Gasteiger partial charge in [-0.15, -0.1) is 0 Å². The summed E-state index contributed by atoms with van der Waals surface area (Å²) in [4.78, 5) is 23.2. The van der Waals surface area contributed by atoms with Gasteiger partial charge in [0.05, 0.1) is 0 Å². The van der Waals surface area contributed by atoms with E-state index in [4.69, 9.17) is 18.9 Å². The van der Waals surface area contributed by atoms with Gasteiger partial charge in [-0.1, -0.05) is 55.0 Å². The number of esters is 2. The Morgan fingerprint density at radius 1 is 0.636 bits per heavy atom. The molecule has 6 nitrogen and oxygen atoms in total. The largest absolute Gasteiger partial charge is 0.457 e. The van der Waals surface area contributed by atoms with Crippen LogP contribution < -0.4 is 9.47 Å². The maximum Gasteiger partial charge on any atom is 0.335 e. The van der Waals surface area contributed by atoms with E-state index in [1.807, 2.05) is 12.1 Å². The smallest absolute Gasteiger partial charge is 0.335 e. The number of carbonyl (C=O) groups is 2. The molecule has 0 spiro atoms. The number of hydrogen-bond acceptors (Lipinski definition) is 6. The molecular formula is C38H62O6. The van der Waals surface area contributed by atoms with Crippen molar-refractivity contribution in [3.8, 4) is 11.5 Å². The summed E-state index contributed by atoms with van der Waals surface area (Å²) in [7, 11) is 0. The van der Waals surface area contributed by atoms with Crippen LogP contribution in [0.1, 0.15) is 104 Å². The van der Waals surface area contributed by atoms with Crippen molar-refractivity contribution >= 4 is 11.9 Å². The molecule has 0 heterocycles. The number of ether oxygens (including phenoxy) is 4. The maximum absolute atomic E-state index is 11.6. The molecule has 1 saturated carbocycles. The van der Waals surface area contributed by atoms with Crippen LogP contribution >= 0.6 is 0 Å². The Balaban J connectivity index is -0.00000353. The summed E-state index contributed by atoms with van der Waals surface area (Å²) in [5.74, 6) is 1.95. The zero-order valence-corrected chi connectivity index (χ0v) is 25.0. The minimum absolute atomic E-state index is 0. The third kappa shape index (κ3) is 11.5. The first-order chi connectivity index (χ1) is 19.0. The molecule has 0 amide bonds. The Morgan fingerprint density at radius 3 is 1.25 bits per heavy atom. The maximum atomic E-state index is 11.6. The fourth-order valence-electron chi connectivity index (χ4n) is 5.26. The molecule has 0 radical (unpaired) electrons. The van der Waals surface area contributed by atoms with Gasteiger partial charge in [0.1, 0.15) is 11.5 Å². The molecule has 1 aliphatic rings. The van der Waals surface area contributed by atoms with Gasteiger partial charge in [-0.3, -0.25) is 0 Å². The van der Waals surface area contributed by atoms with Gasteiger partial charge >= 0.3 is 11.9 Å². The predicted octanol–water partition coefficient (Wildman–Crippen LogP) is 10.2. The van der Waals surface area contributed by atoms with Crippen LogP contribution in [-0.2, 0) is 31.9 Å². The van der Waals surface area contributed by atoms with E-state index in [-0.39, 0.29) is 44.7 Å². The average molecular weight is 617 g/mol. The van der Waals surface area contributed by atoms with E-state index in [1.165, 1.54) is 47.9 Å². The van der Waals surface area contributed by atoms with Crippen LogP contribution in [-0.4, -0.2) is 25.5 Å². The van der Waals surface area contributed by atoms with Crippen molar-refractivity contribution < 1.29 is 30.0 Å². The van der Waals surface area contributed by atoms with Crippen LogP contribution in [0.15, 0.2) is 48.6 Å². The van der Waals surface area contributed by atoms with Crippen molar-refractivity contribution in [2.45, 2.75) is 110 Å². The Morgan fingerprint density at radius 2 is 0.955 bits per heavy atom. The van der Waals surface area contributed by atoms with Crippen molar-refractivity contribution in [3.05, 3.63) is 82.0 Å². The lowest BCUT2D eigenvalue weighted by atomic mass is 9.76. The van der Waals surface area contributed by atoms with Gasteiger partial charge in [0.15, 0.2) is 0 Å². The van der Waals surface area contributed by atoms with Gasteiger partial charge in [-0.25, -0.2) is 9.59 Å². The van der Waals surface area contributed by atoms with Crippen LogP contribution in [0, 0.1) is 39.5 Å². The van der Waals surface area contributed by atoms with E-state index < -0.39 is 11.9 Å². The van der Waals surface area contributed by atoms with Gasteiger partial charge < -0.3 is 18.9 Å². The molecule has 0 N–H and O–H groups in total. The molecular weight excluding hydrogens is 552 g/mol. The second-order valence-corrected chi connectivity index (χ2v) is 11.2. The van der Waals surface area contributed by atoms with Gasteiger partial charge in [0.25, 0.3) is 0 Å². The summed E-state index contributed by atoms with van der Waals surface area (Å²) in [5.41, 5.74) is 8.11. The molecule has 0 aromatic heterocycles. The molecule has 44 heavy (non-hydrogen) atoms. The summed E-state index contributed by atoms with van der Waals surface area (Å²) < 4.78 is 21.5. The van der Waals surface area contributed by atoms with Crippen molar-refractivity contribution in [2.75, 3.05) is 13.6 Å². The number of carbonyl (C=O) groups excluding carboxylic acids is 2. The first kappa shape index (κ1) is 42.6. The Labute approximate surface area is 270 Å². The Kier molecular flexibility index (Phi) is 19.0. The van der Waals surface area contributed by atoms with Crippen LogP contribution in [0.3, 0.4) is 0 Å². The van der Waals surface area contributed by atoms with Crippen molar-refractivity contribution in [1.82, 2.24) is 0 Å². The van der Waals surface area contributed by atoms with E-state index in [0.29, 0.717) is 23.0 Å². The van der Waals surface area contributed by atoms with Crippen LogP contribution in [0.25, 0.3) is 0 Å². The lowest BCUT2D eigenvalue weighted by molar-refractivity contribution is -0.146. The number of benzene rings is 2.